The second kappa shape index (κ2) is 4.72. The van der Waals surface area contributed by atoms with Gasteiger partial charge in [0.15, 0.2) is 5.65 Å². The maximum atomic E-state index is 13.0. The molecule has 0 aliphatic heterocycles. The molecular formula is C13H13FN4O. The molecule has 0 bridgehead atoms. The zero-order valence-corrected chi connectivity index (χ0v) is 10.4. The predicted octanol–water partition coefficient (Wildman–Crippen LogP) is 2.50. The van der Waals surface area contributed by atoms with E-state index in [1.54, 1.807) is 12.3 Å². The van der Waals surface area contributed by atoms with Gasteiger partial charge in [-0.2, -0.15) is 4.98 Å². The summed E-state index contributed by atoms with van der Waals surface area (Å²) in [6.07, 6.45) is 3.68. The lowest BCUT2D eigenvalue weighted by Gasteiger charge is -2.09. The van der Waals surface area contributed by atoms with Crippen LogP contribution in [-0.2, 0) is 6.42 Å². The van der Waals surface area contributed by atoms with Crippen LogP contribution in [0.3, 0.4) is 0 Å². The molecule has 0 amide bonds. The molecule has 0 saturated heterocycles. The number of pyridine rings is 1. The maximum Gasteiger partial charge on any atom is 0.243 e. The summed E-state index contributed by atoms with van der Waals surface area (Å²) in [5, 5.41) is 7.33. The average molecular weight is 260 g/mol. The minimum Gasteiger partial charge on any atom is -0.469 e. The standard InChI is InChI=1S/C13H13FN4O/c1-9(7-11-3-2-6-19-11)15-13-16-12-5-4-10(14)8-18(12)17-13/h2-6,8-9H,7H2,1H3,(H,15,17). The first-order chi connectivity index (χ1) is 9.20. The van der Waals surface area contributed by atoms with Crippen molar-refractivity contribution >= 4 is 11.6 Å². The molecule has 0 radical (unpaired) electrons. The van der Waals surface area contributed by atoms with Crippen molar-refractivity contribution in [3.8, 4) is 0 Å². The van der Waals surface area contributed by atoms with Gasteiger partial charge in [-0.1, -0.05) is 0 Å². The maximum absolute atomic E-state index is 13.0. The van der Waals surface area contributed by atoms with Crippen molar-refractivity contribution in [3.63, 3.8) is 0 Å². The van der Waals surface area contributed by atoms with Crippen molar-refractivity contribution in [2.45, 2.75) is 19.4 Å². The molecule has 98 valence electrons. The Labute approximate surface area is 109 Å². The van der Waals surface area contributed by atoms with Gasteiger partial charge in [0.05, 0.1) is 12.5 Å². The van der Waals surface area contributed by atoms with E-state index >= 15 is 0 Å². The summed E-state index contributed by atoms with van der Waals surface area (Å²) in [7, 11) is 0. The van der Waals surface area contributed by atoms with Crippen molar-refractivity contribution in [2.24, 2.45) is 0 Å². The summed E-state index contributed by atoms with van der Waals surface area (Å²) in [5.41, 5.74) is 0.606. The minimum atomic E-state index is -0.340. The molecule has 1 N–H and O–H groups in total. The Morgan fingerprint density at radius 2 is 2.32 bits per heavy atom. The topological polar surface area (TPSA) is 55.4 Å². The number of aromatic nitrogens is 3. The summed E-state index contributed by atoms with van der Waals surface area (Å²) in [6.45, 7) is 2.01. The Hall–Kier alpha value is -2.37. The third-order valence-corrected chi connectivity index (χ3v) is 2.76. The molecule has 3 aromatic heterocycles. The number of rotatable bonds is 4. The highest BCUT2D eigenvalue weighted by atomic mass is 19.1. The second-order valence-corrected chi connectivity index (χ2v) is 4.41. The van der Waals surface area contributed by atoms with E-state index in [2.05, 4.69) is 15.4 Å². The molecule has 0 spiro atoms. The molecule has 0 fully saturated rings. The quantitative estimate of drug-likeness (QED) is 0.783. The third kappa shape index (κ3) is 2.57. The van der Waals surface area contributed by atoms with Gasteiger partial charge in [0, 0.05) is 12.5 Å². The van der Waals surface area contributed by atoms with Crippen LogP contribution >= 0.6 is 0 Å². The highest BCUT2D eigenvalue weighted by molar-refractivity contribution is 5.43. The van der Waals surface area contributed by atoms with Gasteiger partial charge in [-0.15, -0.1) is 5.10 Å². The summed E-state index contributed by atoms with van der Waals surface area (Å²) in [6, 6.07) is 6.84. The van der Waals surface area contributed by atoms with Gasteiger partial charge in [-0.05, 0) is 31.2 Å². The van der Waals surface area contributed by atoms with Crippen molar-refractivity contribution in [2.75, 3.05) is 5.32 Å². The summed E-state index contributed by atoms with van der Waals surface area (Å²) >= 11 is 0. The molecule has 0 aliphatic rings. The van der Waals surface area contributed by atoms with Gasteiger partial charge in [0.2, 0.25) is 5.95 Å². The van der Waals surface area contributed by atoms with E-state index in [1.807, 2.05) is 19.1 Å². The van der Waals surface area contributed by atoms with Gasteiger partial charge in [0.25, 0.3) is 0 Å². The van der Waals surface area contributed by atoms with Crippen LogP contribution < -0.4 is 5.32 Å². The fourth-order valence-corrected chi connectivity index (χ4v) is 1.92. The normalized spacial score (nSPS) is 12.7. The van der Waals surface area contributed by atoms with Crippen LogP contribution in [-0.4, -0.2) is 20.6 Å². The van der Waals surface area contributed by atoms with E-state index in [0.29, 0.717) is 11.6 Å². The predicted molar refractivity (Wildman–Crippen MR) is 68.4 cm³/mol. The van der Waals surface area contributed by atoms with E-state index < -0.39 is 0 Å². The van der Waals surface area contributed by atoms with Crippen LogP contribution in [0.15, 0.2) is 41.1 Å². The molecule has 5 nitrogen and oxygen atoms in total. The fraction of sp³-hybridized carbons (Fsp3) is 0.231. The molecule has 0 aromatic carbocycles. The molecule has 3 aromatic rings. The van der Waals surface area contributed by atoms with Gasteiger partial charge in [-0.25, -0.2) is 8.91 Å². The Balaban J connectivity index is 1.74. The lowest BCUT2D eigenvalue weighted by atomic mass is 10.2. The largest absolute Gasteiger partial charge is 0.469 e. The van der Waals surface area contributed by atoms with E-state index in [4.69, 9.17) is 4.42 Å². The number of furan rings is 1. The number of nitrogens with zero attached hydrogens (tertiary/aromatic N) is 3. The van der Waals surface area contributed by atoms with Crippen LogP contribution in [0, 0.1) is 5.82 Å². The monoisotopic (exact) mass is 260 g/mol. The number of halogens is 1. The Morgan fingerprint density at radius 1 is 1.42 bits per heavy atom. The zero-order valence-electron chi connectivity index (χ0n) is 10.4. The molecule has 6 heteroatoms. The van der Waals surface area contributed by atoms with Gasteiger partial charge in [0.1, 0.15) is 11.6 Å². The van der Waals surface area contributed by atoms with Crippen molar-refractivity contribution in [1.29, 1.82) is 0 Å². The molecule has 19 heavy (non-hydrogen) atoms. The average Bonchev–Trinajstić information content (AvgIpc) is 2.97. The fourth-order valence-electron chi connectivity index (χ4n) is 1.92. The second-order valence-electron chi connectivity index (χ2n) is 4.41. The van der Waals surface area contributed by atoms with Crippen molar-refractivity contribution in [3.05, 3.63) is 48.3 Å². The summed E-state index contributed by atoms with van der Waals surface area (Å²) in [4.78, 5) is 4.27. The minimum absolute atomic E-state index is 0.119. The molecule has 0 saturated carbocycles. The van der Waals surface area contributed by atoms with Crippen molar-refractivity contribution in [1.82, 2.24) is 14.6 Å². The number of hydrogen-bond donors (Lipinski definition) is 1. The van der Waals surface area contributed by atoms with Crippen LogP contribution in [0.1, 0.15) is 12.7 Å². The van der Waals surface area contributed by atoms with Crippen LogP contribution in [0.5, 0.6) is 0 Å². The highest BCUT2D eigenvalue weighted by Gasteiger charge is 2.09. The Kier molecular flexibility index (Phi) is 2.91. The van der Waals surface area contributed by atoms with Crippen LogP contribution in [0.4, 0.5) is 10.3 Å². The van der Waals surface area contributed by atoms with E-state index in [0.717, 1.165) is 12.2 Å². The molecule has 1 unspecified atom stereocenters. The number of hydrogen-bond acceptors (Lipinski definition) is 4. The first-order valence-electron chi connectivity index (χ1n) is 6.01. The zero-order chi connectivity index (χ0) is 13.2. The summed E-state index contributed by atoms with van der Waals surface area (Å²) < 4.78 is 19.7. The number of anilines is 1. The smallest absolute Gasteiger partial charge is 0.243 e. The molecule has 3 rings (SSSR count). The Morgan fingerprint density at radius 3 is 3.11 bits per heavy atom. The molecule has 1 atom stereocenters. The lowest BCUT2D eigenvalue weighted by Crippen LogP contribution is -2.18. The van der Waals surface area contributed by atoms with E-state index in [-0.39, 0.29) is 11.9 Å². The van der Waals surface area contributed by atoms with Gasteiger partial charge in [-0.3, -0.25) is 0 Å². The van der Waals surface area contributed by atoms with Gasteiger partial charge >= 0.3 is 0 Å². The molecular weight excluding hydrogens is 247 g/mol. The van der Waals surface area contributed by atoms with Crippen LogP contribution in [0.2, 0.25) is 0 Å². The number of fused-ring (bicyclic) bond motifs is 1. The summed E-state index contributed by atoms with van der Waals surface area (Å²) in [5.74, 6) is 1.03. The molecule has 3 heterocycles. The highest BCUT2D eigenvalue weighted by Crippen LogP contribution is 2.10. The first-order valence-corrected chi connectivity index (χ1v) is 6.01. The van der Waals surface area contributed by atoms with E-state index in [1.165, 1.54) is 16.8 Å². The first kappa shape index (κ1) is 11.7. The SMILES string of the molecule is CC(Cc1ccco1)Nc1nc2ccc(F)cn2n1. The number of nitrogens with one attached hydrogen (secondary N) is 1. The Bertz CT molecular complexity index is 677. The molecule has 0 aliphatic carbocycles. The van der Waals surface area contributed by atoms with E-state index in [9.17, 15) is 4.39 Å². The third-order valence-electron chi connectivity index (χ3n) is 2.76. The van der Waals surface area contributed by atoms with Crippen molar-refractivity contribution < 1.29 is 8.81 Å². The van der Waals surface area contributed by atoms with Gasteiger partial charge < -0.3 is 9.73 Å². The van der Waals surface area contributed by atoms with Crippen LogP contribution in [0.25, 0.3) is 5.65 Å². The lowest BCUT2D eigenvalue weighted by molar-refractivity contribution is 0.497.